The first-order valence-corrected chi connectivity index (χ1v) is 5.21. The largest absolute Gasteiger partial charge is 0.573 e. The maximum atomic E-state index is 12.1. The molecule has 0 saturated heterocycles. The zero-order chi connectivity index (χ0) is 13.2. The van der Waals surface area contributed by atoms with E-state index in [2.05, 4.69) is 9.72 Å². The van der Waals surface area contributed by atoms with Gasteiger partial charge in [-0.15, -0.1) is 13.2 Å². The van der Waals surface area contributed by atoms with Crippen LogP contribution in [0.25, 0.3) is 0 Å². The van der Waals surface area contributed by atoms with Crippen LogP contribution in [0.5, 0.6) is 5.75 Å². The van der Waals surface area contributed by atoms with E-state index in [9.17, 15) is 18.0 Å². The molecule has 0 bridgehead atoms. The lowest BCUT2D eigenvalue weighted by Crippen LogP contribution is -2.21. The van der Waals surface area contributed by atoms with Crippen molar-refractivity contribution in [2.75, 3.05) is 0 Å². The summed E-state index contributed by atoms with van der Waals surface area (Å²) in [7, 11) is 0. The molecule has 9 heteroatoms. The van der Waals surface area contributed by atoms with Crippen LogP contribution in [0.3, 0.4) is 0 Å². The first-order valence-electron chi connectivity index (χ1n) is 4.13. The monoisotopic (exact) mass is 362 g/mol. The first-order chi connectivity index (χ1) is 7.74. The van der Waals surface area contributed by atoms with Crippen molar-refractivity contribution in [3.8, 4) is 5.75 Å². The van der Waals surface area contributed by atoms with Crippen LogP contribution in [0.15, 0.2) is 6.07 Å². The highest BCUT2D eigenvalue weighted by molar-refractivity contribution is 14.1. The fraction of sp³-hybridized carbons (Fsp3) is 0.250. The summed E-state index contributed by atoms with van der Waals surface area (Å²) in [5.74, 6) is -1.92. The fourth-order valence-electron chi connectivity index (χ4n) is 1.02. The number of halogens is 4. The molecule has 0 unspecified atom stereocenters. The Morgan fingerprint density at radius 2 is 2.18 bits per heavy atom. The summed E-state index contributed by atoms with van der Waals surface area (Å²) >= 11 is 1.52. The van der Waals surface area contributed by atoms with Gasteiger partial charge in [-0.05, 0) is 28.7 Å². The number of alkyl halides is 3. The number of ether oxygens (including phenoxy) is 1. The van der Waals surface area contributed by atoms with Crippen molar-refractivity contribution in [1.29, 1.82) is 0 Å². The van der Waals surface area contributed by atoms with E-state index in [1.54, 1.807) is 0 Å². The van der Waals surface area contributed by atoms with Gasteiger partial charge < -0.3 is 15.6 Å². The van der Waals surface area contributed by atoms with Gasteiger partial charge in [0.1, 0.15) is 5.69 Å². The second-order valence-electron chi connectivity index (χ2n) is 2.82. The lowest BCUT2D eigenvalue weighted by atomic mass is 10.2. The number of carboxylic acid groups (broad SMARTS) is 1. The molecule has 1 rings (SSSR count). The molecule has 0 spiro atoms. The molecule has 0 aromatic carbocycles. The minimum absolute atomic E-state index is 0.0206. The quantitative estimate of drug-likeness (QED) is 0.801. The molecule has 0 radical (unpaired) electrons. The van der Waals surface area contributed by atoms with E-state index < -0.39 is 18.1 Å². The maximum Gasteiger partial charge on any atom is 0.573 e. The molecule has 1 aromatic heterocycles. The number of nitrogens with two attached hydrogens (primary N) is 1. The zero-order valence-electron chi connectivity index (χ0n) is 8.08. The molecule has 0 fully saturated rings. The van der Waals surface area contributed by atoms with Crippen molar-refractivity contribution in [3.05, 3.63) is 21.0 Å². The summed E-state index contributed by atoms with van der Waals surface area (Å²) in [6.07, 6.45) is -4.88. The Morgan fingerprint density at radius 3 is 2.59 bits per heavy atom. The fourth-order valence-corrected chi connectivity index (χ4v) is 1.74. The molecule has 0 aliphatic rings. The zero-order valence-corrected chi connectivity index (χ0v) is 10.2. The van der Waals surface area contributed by atoms with Crippen LogP contribution >= 0.6 is 22.6 Å². The van der Waals surface area contributed by atoms with Gasteiger partial charge in [-0.3, -0.25) is 0 Å². The SMILES string of the molecule is NCc1nc(C(=O)O)cc(I)c1OC(F)(F)F. The summed E-state index contributed by atoms with van der Waals surface area (Å²) in [5.41, 5.74) is 4.56. The average molecular weight is 362 g/mol. The number of rotatable bonds is 3. The van der Waals surface area contributed by atoms with Gasteiger partial charge in [0.15, 0.2) is 5.75 Å². The molecular weight excluding hydrogens is 356 g/mol. The lowest BCUT2D eigenvalue weighted by Gasteiger charge is -2.13. The molecule has 5 nitrogen and oxygen atoms in total. The number of hydrogen-bond acceptors (Lipinski definition) is 4. The highest BCUT2D eigenvalue weighted by Gasteiger charge is 2.33. The number of aromatic nitrogens is 1. The highest BCUT2D eigenvalue weighted by atomic mass is 127. The summed E-state index contributed by atoms with van der Waals surface area (Å²) in [4.78, 5) is 14.1. The Hall–Kier alpha value is -1.10. The number of carbonyl (C=O) groups is 1. The number of hydrogen-bond donors (Lipinski definition) is 2. The van der Waals surface area contributed by atoms with Crippen molar-refractivity contribution in [2.45, 2.75) is 12.9 Å². The molecule has 0 aliphatic carbocycles. The van der Waals surface area contributed by atoms with Gasteiger partial charge in [0.05, 0.1) is 9.26 Å². The third-order valence-corrected chi connectivity index (χ3v) is 2.43. The lowest BCUT2D eigenvalue weighted by molar-refractivity contribution is -0.275. The maximum absolute atomic E-state index is 12.1. The van der Waals surface area contributed by atoms with Crippen LogP contribution in [0, 0.1) is 3.57 Å². The Balaban J connectivity index is 3.26. The summed E-state index contributed by atoms with van der Waals surface area (Å²) in [6, 6.07) is 0.975. The summed E-state index contributed by atoms with van der Waals surface area (Å²) in [6.45, 7) is -0.359. The molecule has 0 aliphatic heterocycles. The molecule has 1 aromatic rings. The van der Waals surface area contributed by atoms with Gasteiger partial charge in [-0.2, -0.15) is 0 Å². The Morgan fingerprint density at radius 1 is 1.59 bits per heavy atom. The van der Waals surface area contributed by atoms with E-state index in [1.807, 2.05) is 0 Å². The minimum Gasteiger partial charge on any atom is -0.477 e. The topological polar surface area (TPSA) is 85.4 Å². The Bertz CT molecular complexity index is 450. The average Bonchev–Trinajstić information content (AvgIpc) is 2.18. The molecule has 0 saturated carbocycles. The molecule has 0 atom stereocenters. The van der Waals surface area contributed by atoms with Gasteiger partial charge in [-0.1, -0.05) is 0 Å². The van der Waals surface area contributed by atoms with E-state index in [4.69, 9.17) is 10.8 Å². The van der Waals surface area contributed by atoms with Crippen molar-refractivity contribution in [3.63, 3.8) is 0 Å². The van der Waals surface area contributed by atoms with Crippen LogP contribution < -0.4 is 10.5 Å². The van der Waals surface area contributed by atoms with Gasteiger partial charge >= 0.3 is 12.3 Å². The Labute approximate surface area is 107 Å². The van der Waals surface area contributed by atoms with E-state index in [0.717, 1.165) is 6.07 Å². The van der Waals surface area contributed by atoms with Gasteiger partial charge in [0, 0.05) is 6.54 Å². The van der Waals surface area contributed by atoms with Crippen LogP contribution in [-0.2, 0) is 6.54 Å². The third kappa shape index (κ3) is 3.70. The summed E-state index contributed by atoms with van der Waals surface area (Å²) in [5, 5.41) is 8.68. The van der Waals surface area contributed by atoms with E-state index in [0.29, 0.717) is 0 Å². The number of pyridine rings is 1. The second kappa shape index (κ2) is 5.04. The molecular formula is C8H6F3IN2O3. The van der Waals surface area contributed by atoms with Crippen LogP contribution in [0.1, 0.15) is 16.2 Å². The minimum atomic E-state index is -4.88. The molecule has 94 valence electrons. The van der Waals surface area contributed by atoms with Crippen LogP contribution in [0.4, 0.5) is 13.2 Å². The van der Waals surface area contributed by atoms with Crippen LogP contribution in [-0.4, -0.2) is 22.4 Å². The van der Waals surface area contributed by atoms with Crippen molar-refractivity contribution >= 4 is 28.6 Å². The third-order valence-electron chi connectivity index (χ3n) is 1.63. The first kappa shape index (κ1) is 14.0. The second-order valence-corrected chi connectivity index (χ2v) is 3.98. The number of nitrogens with zero attached hydrogens (tertiary/aromatic N) is 1. The van der Waals surface area contributed by atoms with Crippen molar-refractivity contribution < 1.29 is 27.8 Å². The van der Waals surface area contributed by atoms with Crippen molar-refractivity contribution in [2.24, 2.45) is 5.73 Å². The molecule has 0 amide bonds. The normalized spacial score (nSPS) is 11.4. The molecule has 1 heterocycles. The standard InChI is InChI=1S/C8H6F3IN2O3/c9-8(10,11)17-6-3(12)1-4(7(15)16)14-5(6)2-13/h1H,2,13H2,(H,15,16). The van der Waals surface area contributed by atoms with E-state index in [1.165, 1.54) is 22.6 Å². The van der Waals surface area contributed by atoms with Gasteiger partial charge in [-0.25, -0.2) is 9.78 Å². The van der Waals surface area contributed by atoms with Crippen molar-refractivity contribution in [1.82, 2.24) is 4.98 Å². The predicted molar refractivity (Wildman–Crippen MR) is 58.5 cm³/mol. The Kier molecular flexibility index (Phi) is 4.14. The molecule has 17 heavy (non-hydrogen) atoms. The number of carboxylic acids is 1. The van der Waals surface area contributed by atoms with E-state index in [-0.39, 0.29) is 21.5 Å². The highest BCUT2D eigenvalue weighted by Crippen LogP contribution is 2.30. The summed E-state index contributed by atoms with van der Waals surface area (Å²) < 4.78 is 40.0. The predicted octanol–water partition coefficient (Wildman–Crippen LogP) is 1.74. The smallest absolute Gasteiger partial charge is 0.477 e. The number of aromatic carboxylic acids is 1. The van der Waals surface area contributed by atoms with Gasteiger partial charge in [0.25, 0.3) is 0 Å². The molecule has 3 N–H and O–H groups in total. The van der Waals surface area contributed by atoms with Crippen LogP contribution in [0.2, 0.25) is 0 Å². The van der Waals surface area contributed by atoms with Gasteiger partial charge in [0.2, 0.25) is 0 Å². The van der Waals surface area contributed by atoms with E-state index >= 15 is 0 Å².